The zero-order valence-corrected chi connectivity index (χ0v) is 13.6. The third-order valence-electron chi connectivity index (χ3n) is 4.05. The standard InChI is InChI=1S/C17H27N3O/c1-12-10-14(20-9-5-6-15(20)16(18)21)8-7-13(12)11-19-17(2,3)4/h7-8,10,15,19H,5-6,9,11H2,1-4H3,(H2,18,21). The minimum Gasteiger partial charge on any atom is -0.368 e. The molecule has 1 aliphatic heterocycles. The smallest absolute Gasteiger partial charge is 0.240 e. The van der Waals surface area contributed by atoms with Crippen LogP contribution in [-0.2, 0) is 11.3 Å². The van der Waals surface area contributed by atoms with Crippen LogP contribution in [0.15, 0.2) is 18.2 Å². The van der Waals surface area contributed by atoms with Gasteiger partial charge in [0, 0.05) is 24.3 Å². The molecule has 1 atom stereocenters. The first-order valence-electron chi connectivity index (χ1n) is 7.68. The summed E-state index contributed by atoms with van der Waals surface area (Å²) < 4.78 is 0. The van der Waals surface area contributed by atoms with Crippen molar-refractivity contribution in [2.45, 2.75) is 58.7 Å². The lowest BCUT2D eigenvalue weighted by molar-refractivity contribution is -0.119. The number of carbonyl (C=O) groups is 1. The Labute approximate surface area is 127 Å². The van der Waals surface area contributed by atoms with E-state index in [1.807, 2.05) is 0 Å². The van der Waals surface area contributed by atoms with Crippen molar-refractivity contribution in [2.75, 3.05) is 11.4 Å². The van der Waals surface area contributed by atoms with E-state index in [1.54, 1.807) is 0 Å². The summed E-state index contributed by atoms with van der Waals surface area (Å²) in [5.74, 6) is -0.219. The minimum atomic E-state index is -0.219. The van der Waals surface area contributed by atoms with Crippen molar-refractivity contribution < 1.29 is 4.79 Å². The molecule has 0 aliphatic carbocycles. The molecule has 1 aromatic rings. The Morgan fingerprint density at radius 2 is 2.14 bits per heavy atom. The predicted octanol–water partition coefficient (Wildman–Crippen LogP) is 2.34. The van der Waals surface area contributed by atoms with Gasteiger partial charge in [-0.05, 0) is 63.8 Å². The van der Waals surface area contributed by atoms with Crippen LogP contribution in [0.3, 0.4) is 0 Å². The van der Waals surface area contributed by atoms with Crippen LogP contribution in [0, 0.1) is 6.92 Å². The molecule has 0 saturated carbocycles. The van der Waals surface area contributed by atoms with E-state index in [-0.39, 0.29) is 17.5 Å². The van der Waals surface area contributed by atoms with E-state index in [0.29, 0.717) is 0 Å². The number of rotatable bonds is 4. The molecular formula is C17H27N3O. The summed E-state index contributed by atoms with van der Waals surface area (Å²) in [4.78, 5) is 13.7. The number of anilines is 1. The molecule has 4 nitrogen and oxygen atoms in total. The number of hydrogen-bond acceptors (Lipinski definition) is 3. The zero-order valence-electron chi connectivity index (χ0n) is 13.6. The fourth-order valence-electron chi connectivity index (χ4n) is 2.79. The van der Waals surface area contributed by atoms with Gasteiger partial charge in [-0.15, -0.1) is 0 Å². The van der Waals surface area contributed by atoms with E-state index in [0.717, 1.165) is 31.6 Å². The Morgan fingerprint density at radius 1 is 1.43 bits per heavy atom. The van der Waals surface area contributed by atoms with E-state index < -0.39 is 0 Å². The highest BCUT2D eigenvalue weighted by Gasteiger charge is 2.29. The number of nitrogens with one attached hydrogen (secondary N) is 1. The highest BCUT2D eigenvalue weighted by atomic mass is 16.1. The number of aryl methyl sites for hydroxylation is 1. The second-order valence-electron chi connectivity index (χ2n) is 6.97. The zero-order chi connectivity index (χ0) is 15.6. The molecule has 0 radical (unpaired) electrons. The fraction of sp³-hybridized carbons (Fsp3) is 0.588. The third-order valence-corrected chi connectivity index (χ3v) is 4.05. The van der Waals surface area contributed by atoms with E-state index in [1.165, 1.54) is 11.1 Å². The van der Waals surface area contributed by atoms with Crippen molar-refractivity contribution in [3.8, 4) is 0 Å². The van der Waals surface area contributed by atoms with Gasteiger partial charge in [-0.1, -0.05) is 6.07 Å². The molecule has 1 unspecified atom stereocenters. The van der Waals surface area contributed by atoms with Crippen molar-refractivity contribution in [3.63, 3.8) is 0 Å². The van der Waals surface area contributed by atoms with Gasteiger partial charge < -0.3 is 16.0 Å². The SMILES string of the molecule is Cc1cc(N2CCCC2C(N)=O)ccc1CNC(C)(C)C. The molecular weight excluding hydrogens is 262 g/mol. The van der Waals surface area contributed by atoms with Gasteiger partial charge in [-0.2, -0.15) is 0 Å². The summed E-state index contributed by atoms with van der Waals surface area (Å²) in [6.07, 6.45) is 1.89. The van der Waals surface area contributed by atoms with Gasteiger partial charge in [0.25, 0.3) is 0 Å². The Morgan fingerprint density at radius 3 is 2.71 bits per heavy atom. The number of nitrogens with zero attached hydrogens (tertiary/aromatic N) is 1. The third kappa shape index (κ3) is 3.97. The summed E-state index contributed by atoms with van der Waals surface area (Å²) in [6, 6.07) is 6.28. The van der Waals surface area contributed by atoms with Gasteiger partial charge in [0.15, 0.2) is 0 Å². The maximum absolute atomic E-state index is 11.5. The summed E-state index contributed by atoms with van der Waals surface area (Å²) in [6.45, 7) is 10.4. The predicted molar refractivity (Wildman–Crippen MR) is 87.3 cm³/mol. The topological polar surface area (TPSA) is 58.4 Å². The molecule has 21 heavy (non-hydrogen) atoms. The average molecular weight is 289 g/mol. The van der Waals surface area contributed by atoms with E-state index >= 15 is 0 Å². The molecule has 1 aliphatic rings. The first kappa shape index (κ1) is 15.8. The maximum atomic E-state index is 11.5. The summed E-state index contributed by atoms with van der Waals surface area (Å²) in [5, 5.41) is 3.51. The Hall–Kier alpha value is -1.55. The van der Waals surface area contributed by atoms with Crippen LogP contribution in [0.1, 0.15) is 44.7 Å². The molecule has 0 spiro atoms. The van der Waals surface area contributed by atoms with Crippen LogP contribution in [-0.4, -0.2) is 24.0 Å². The number of hydrogen-bond donors (Lipinski definition) is 2. The molecule has 4 heteroatoms. The average Bonchev–Trinajstić information content (AvgIpc) is 2.85. The maximum Gasteiger partial charge on any atom is 0.240 e. The van der Waals surface area contributed by atoms with Crippen molar-refractivity contribution >= 4 is 11.6 Å². The van der Waals surface area contributed by atoms with Crippen LogP contribution in [0.25, 0.3) is 0 Å². The van der Waals surface area contributed by atoms with E-state index in [2.05, 4.69) is 56.1 Å². The monoisotopic (exact) mass is 289 g/mol. The summed E-state index contributed by atoms with van der Waals surface area (Å²) in [7, 11) is 0. The number of benzene rings is 1. The van der Waals surface area contributed by atoms with Crippen molar-refractivity contribution in [3.05, 3.63) is 29.3 Å². The number of primary amides is 1. The molecule has 2 rings (SSSR count). The van der Waals surface area contributed by atoms with Crippen LogP contribution in [0.4, 0.5) is 5.69 Å². The van der Waals surface area contributed by atoms with E-state index in [9.17, 15) is 4.79 Å². The first-order chi connectivity index (χ1) is 9.78. The number of amides is 1. The molecule has 1 amide bonds. The highest BCUT2D eigenvalue weighted by Crippen LogP contribution is 2.27. The van der Waals surface area contributed by atoms with Gasteiger partial charge in [-0.25, -0.2) is 0 Å². The van der Waals surface area contributed by atoms with Gasteiger partial charge in [0.1, 0.15) is 6.04 Å². The van der Waals surface area contributed by atoms with Crippen LogP contribution < -0.4 is 16.0 Å². The minimum absolute atomic E-state index is 0.108. The molecule has 1 aromatic carbocycles. The van der Waals surface area contributed by atoms with Gasteiger partial charge in [0.2, 0.25) is 5.91 Å². The normalized spacial score (nSPS) is 19.0. The largest absolute Gasteiger partial charge is 0.368 e. The summed E-state index contributed by atoms with van der Waals surface area (Å²) >= 11 is 0. The van der Waals surface area contributed by atoms with Crippen molar-refractivity contribution in [2.24, 2.45) is 5.73 Å². The molecule has 1 fully saturated rings. The molecule has 0 aromatic heterocycles. The lowest BCUT2D eigenvalue weighted by atomic mass is 10.0. The molecule has 116 valence electrons. The Bertz CT molecular complexity index is 519. The first-order valence-corrected chi connectivity index (χ1v) is 7.68. The van der Waals surface area contributed by atoms with Crippen molar-refractivity contribution in [1.29, 1.82) is 0 Å². The fourth-order valence-corrected chi connectivity index (χ4v) is 2.79. The van der Waals surface area contributed by atoms with Crippen LogP contribution >= 0.6 is 0 Å². The van der Waals surface area contributed by atoms with Gasteiger partial charge >= 0.3 is 0 Å². The number of carbonyl (C=O) groups excluding carboxylic acids is 1. The lowest BCUT2D eigenvalue weighted by Gasteiger charge is -2.26. The lowest BCUT2D eigenvalue weighted by Crippen LogP contribution is -2.40. The van der Waals surface area contributed by atoms with Gasteiger partial charge in [0.05, 0.1) is 0 Å². The summed E-state index contributed by atoms with van der Waals surface area (Å²) in [5.41, 5.74) is 9.26. The highest BCUT2D eigenvalue weighted by molar-refractivity contribution is 5.84. The van der Waals surface area contributed by atoms with Crippen LogP contribution in [0.2, 0.25) is 0 Å². The Kier molecular flexibility index (Phi) is 4.57. The van der Waals surface area contributed by atoms with E-state index in [4.69, 9.17) is 5.73 Å². The Balaban J connectivity index is 2.13. The second kappa shape index (κ2) is 6.06. The van der Waals surface area contributed by atoms with Crippen LogP contribution in [0.5, 0.6) is 0 Å². The quantitative estimate of drug-likeness (QED) is 0.894. The molecule has 1 heterocycles. The van der Waals surface area contributed by atoms with Gasteiger partial charge in [-0.3, -0.25) is 4.79 Å². The molecule has 1 saturated heterocycles. The second-order valence-corrected chi connectivity index (χ2v) is 6.97. The molecule has 3 N–H and O–H groups in total. The number of nitrogens with two attached hydrogens (primary N) is 1. The van der Waals surface area contributed by atoms with Crippen molar-refractivity contribution in [1.82, 2.24) is 5.32 Å². The molecule has 0 bridgehead atoms.